The molecule has 1 N–H and O–H groups in total. The molecule has 1 saturated heterocycles. The van der Waals surface area contributed by atoms with Crippen LogP contribution in [0.15, 0.2) is 23.0 Å². The first-order valence-electron chi connectivity index (χ1n) is 6.64. The monoisotopic (exact) mass is 264 g/mol. The quantitative estimate of drug-likeness (QED) is 0.851. The molecule has 1 aromatic rings. The van der Waals surface area contributed by atoms with Crippen LogP contribution in [0.2, 0.25) is 0 Å². The van der Waals surface area contributed by atoms with Gasteiger partial charge in [-0.2, -0.15) is 0 Å². The van der Waals surface area contributed by atoms with Crippen LogP contribution in [0.3, 0.4) is 0 Å². The van der Waals surface area contributed by atoms with Crippen molar-refractivity contribution in [3.8, 4) is 0 Å². The lowest BCUT2D eigenvalue weighted by molar-refractivity contribution is 0.0458. The van der Waals surface area contributed by atoms with Gasteiger partial charge in [0.05, 0.1) is 6.10 Å². The number of likely N-dealkylation sites (tertiary alicyclic amines) is 1. The second-order valence-corrected chi connectivity index (χ2v) is 5.20. The highest BCUT2D eigenvalue weighted by atomic mass is 16.3. The molecule has 2 heterocycles. The Labute approximate surface area is 112 Å². The van der Waals surface area contributed by atoms with E-state index in [1.807, 2.05) is 0 Å². The summed E-state index contributed by atoms with van der Waals surface area (Å²) in [5.41, 5.74) is 0.216. The van der Waals surface area contributed by atoms with Crippen molar-refractivity contribution in [1.29, 1.82) is 0 Å². The van der Waals surface area contributed by atoms with E-state index in [1.165, 1.54) is 10.6 Å². The van der Waals surface area contributed by atoms with E-state index in [1.54, 1.807) is 31.0 Å². The molecule has 2 rings (SSSR count). The van der Waals surface area contributed by atoms with E-state index < -0.39 is 6.10 Å². The van der Waals surface area contributed by atoms with Crippen molar-refractivity contribution >= 4 is 5.91 Å². The van der Waals surface area contributed by atoms with Gasteiger partial charge in [-0.05, 0) is 25.8 Å². The first kappa shape index (κ1) is 13.8. The highest BCUT2D eigenvalue weighted by molar-refractivity contribution is 5.92. The van der Waals surface area contributed by atoms with Crippen molar-refractivity contribution in [2.75, 3.05) is 13.1 Å². The van der Waals surface area contributed by atoms with E-state index in [2.05, 4.69) is 0 Å². The Morgan fingerprint density at radius 3 is 2.89 bits per heavy atom. The number of aliphatic hydroxyl groups excluding tert-OH is 1. The first-order valence-corrected chi connectivity index (χ1v) is 6.64. The molecule has 0 aromatic carbocycles. The molecule has 0 bridgehead atoms. The molecule has 2 atom stereocenters. The SMILES string of the molecule is CC(O)C1CCCN(C(=O)c2cccc(=O)n2C)C1. The van der Waals surface area contributed by atoms with Crippen molar-refractivity contribution in [1.82, 2.24) is 9.47 Å². The van der Waals surface area contributed by atoms with Gasteiger partial charge >= 0.3 is 0 Å². The fourth-order valence-corrected chi connectivity index (χ4v) is 2.53. The Morgan fingerprint density at radius 1 is 1.47 bits per heavy atom. The number of nitrogens with zero attached hydrogens (tertiary/aromatic N) is 2. The van der Waals surface area contributed by atoms with E-state index in [9.17, 15) is 14.7 Å². The number of hydrogen-bond donors (Lipinski definition) is 1. The molecule has 5 heteroatoms. The van der Waals surface area contributed by atoms with Crippen molar-refractivity contribution < 1.29 is 9.90 Å². The predicted molar refractivity (Wildman–Crippen MR) is 72.0 cm³/mol. The van der Waals surface area contributed by atoms with Crippen molar-refractivity contribution in [2.24, 2.45) is 13.0 Å². The van der Waals surface area contributed by atoms with Crippen molar-refractivity contribution in [3.63, 3.8) is 0 Å². The summed E-state index contributed by atoms with van der Waals surface area (Å²) in [6, 6.07) is 4.70. The van der Waals surface area contributed by atoms with Gasteiger partial charge in [-0.15, -0.1) is 0 Å². The van der Waals surface area contributed by atoms with Crippen LogP contribution in [0.4, 0.5) is 0 Å². The lowest BCUT2D eigenvalue weighted by Crippen LogP contribution is -2.44. The van der Waals surface area contributed by atoms with E-state index in [0.717, 1.165) is 12.8 Å². The molecule has 19 heavy (non-hydrogen) atoms. The highest BCUT2D eigenvalue weighted by Gasteiger charge is 2.27. The summed E-state index contributed by atoms with van der Waals surface area (Å²) >= 11 is 0. The topological polar surface area (TPSA) is 62.5 Å². The molecule has 1 fully saturated rings. The van der Waals surface area contributed by atoms with Gasteiger partial charge in [-0.25, -0.2) is 0 Å². The van der Waals surface area contributed by atoms with E-state index >= 15 is 0 Å². The minimum absolute atomic E-state index is 0.124. The smallest absolute Gasteiger partial charge is 0.270 e. The molecule has 0 saturated carbocycles. The third-order valence-electron chi connectivity index (χ3n) is 3.83. The van der Waals surface area contributed by atoms with Crippen molar-refractivity contribution in [2.45, 2.75) is 25.9 Å². The Balaban J connectivity index is 2.20. The normalized spacial score (nSPS) is 21.2. The largest absolute Gasteiger partial charge is 0.393 e. The molecular weight excluding hydrogens is 244 g/mol. The molecule has 0 spiro atoms. The fraction of sp³-hybridized carbons (Fsp3) is 0.571. The van der Waals surface area contributed by atoms with E-state index in [0.29, 0.717) is 18.8 Å². The molecule has 0 aliphatic carbocycles. The number of aliphatic hydroxyl groups is 1. The molecule has 1 amide bonds. The summed E-state index contributed by atoms with van der Waals surface area (Å²) in [5, 5.41) is 9.65. The van der Waals surface area contributed by atoms with Crippen LogP contribution in [0.1, 0.15) is 30.3 Å². The van der Waals surface area contributed by atoms with E-state index in [4.69, 9.17) is 0 Å². The standard InChI is InChI=1S/C14H20N2O3/c1-10(17)11-5-4-8-16(9-11)14(19)12-6-3-7-13(18)15(12)2/h3,6-7,10-11,17H,4-5,8-9H2,1-2H3. The summed E-state index contributed by atoms with van der Waals surface area (Å²) < 4.78 is 1.37. The van der Waals surface area contributed by atoms with Gasteiger partial charge in [0.25, 0.3) is 11.5 Å². The third kappa shape index (κ3) is 2.87. The van der Waals surface area contributed by atoms with Gasteiger partial charge in [0.15, 0.2) is 0 Å². The average Bonchev–Trinajstić information content (AvgIpc) is 2.41. The number of carbonyl (C=O) groups is 1. The van der Waals surface area contributed by atoms with Gasteiger partial charge in [-0.3, -0.25) is 9.59 Å². The maximum Gasteiger partial charge on any atom is 0.270 e. The number of carbonyl (C=O) groups excluding carboxylic acids is 1. The molecule has 5 nitrogen and oxygen atoms in total. The van der Waals surface area contributed by atoms with Crippen molar-refractivity contribution in [3.05, 3.63) is 34.2 Å². The second-order valence-electron chi connectivity index (χ2n) is 5.20. The summed E-state index contributed by atoms with van der Waals surface area (Å²) in [6.07, 6.45) is 1.42. The zero-order valence-electron chi connectivity index (χ0n) is 11.4. The summed E-state index contributed by atoms with van der Waals surface area (Å²) in [6.45, 7) is 3.00. The predicted octanol–water partition coefficient (Wildman–Crippen LogP) is 0.618. The van der Waals surface area contributed by atoms with Crippen LogP contribution >= 0.6 is 0 Å². The summed E-state index contributed by atoms with van der Waals surface area (Å²) in [5.74, 6) is -0.0102. The fourth-order valence-electron chi connectivity index (χ4n) is 2.53. The van der Waals surface area contributed by atoms with Gasteiger partial charge in [0.1, 0.15) is 5.69 Å². The number of piperidine rings is 1. The van der Waals surface area contributed by atoms with Crippen LogP contribution < -0.4 is 5.56 Å². The summed E-state index contributed by atoms with van der Waals surface area (Å²) in [4.78, 5) is 25.7. The second kappa shape index (κ2) is 5.57. The maximum atomic E-state index is 12.4. The lowest BCUT2D eigenvalue weighted by Gasteiger charge is -2.34. The minimum atomic E-state index is -0.407. The molecule has 2 unspecified atom stereocenters. The van der Waals surface area contributed by atoms with Crippen LogP contribution in [0.5, 0.6) is 0 Å². The van der Waals surface area contributed by atoms with Gasteiger partial charge in [0, 0.05) is 32.1 Å². The zero-order valence-corrected chi connectivity index (χ0v) is 11.4. The van der Waals surface area contributed by atoms with Crippen LogP contribution in [0, 0.1) is 5.92 Å². The zero-order chi connectivity index (χ0) is 14.0. The number of hydrogen-bond acceptors (Lipinski definition) is 3. The first-order chi connectivity index (χ1) is 9.00. The van der Waals surface area contributed by atoms with Gasteiger partial charge < -0.3 is 14.6 Å². The minimum Gasteiger partial charge on any atom is -0.393 e. The van der Waals surface area contributed by atoms with Crippen LogP contribution in [-0.2, 0) is 7.05 Å². The molecule has 104 valence electrons. The van der Waals surface area contributed by atoms with Crippen LogP contribution in [0.25, 0.3) is 0 Å². The average molecular weight is 264 g/mol. The van der Waals surface area contributed by atoms with Gasteiger partial charge in [-0.1, -0.05) is 6.07 Å². The molecular formula is C14H20N2O3. The lowest BCUT2D eigenvalue weighted by atomic mass is 9.93. The number of pyridine rings is 1. The summed E-state index contributed by atoms with van der Waals surface area (Å²) in [7, 11) is 1.60. The Kier molecular flexibility index (Phi) is 4.04. The molecule has 1 aliphatic rings. The Morgan fingerprint density at radius 2 is 2.21 bits per heavy atom. The van der Waals surface area contributed by atoms with E-state index in [-0.39, 0.29) is 17.4 Å². The maximum absolute atomic E-state index is 12.4. The third-order valence-corrected chi connectivity index (χ3v) is 3.83. The number of amides is 1. The molecule has 0 radical (unpaired) electrons. The molecule has 1 aromatic heterocycles. The number of rotatable bonds is 2. The van der Waals surface area contributed by atoms with Gasteiger partial charge in [0.2, 0.25) is 0 Å². The number of aromatic nitrogens is 1. The highest BCUT2D eigenvalue weighted by Crippen LogP contribution is 2.20. The van der Waals surface area contributed by atoms with Crippen LogP contribution in [-0.4, -0.2) is 39.7 Å². The Hall–Kier alpha value is -1.62. The molecule has 1 aliphatic heterocycles. The Bertz CT molecular complexity index is 522.